The van der Waals surface area contributed by atoms with E-state index in [2.05, 4.69) is 5.32 Å². The lowest BCUT2D eigenvalue weighted by atomic mass is 10.2. The van der Waals surface area contributed by atoms with Crippen molar-refractivity contribution >= 4 is 37.5 Å². The molecule has 0 aliphatic carbocycles. The fourth-order valence-corrected chi connectivity index (χ4v) is 4.14. The number of sulfone groups is 1. The Morgan fingerprint density at radius 3 is 2.24 bits per heavy atom. The van der Waals surface area contributed by atoms with Crippen LogP contribution in [-0.2, 0) is 29.3 Å². The third-order valence-electron chi connectivity index (χ3n) is 4.36. The number of carbonyl (C=O) groups excluding carboxylic acids is 2. The molecule has 0 aromatic heterocycles. The summed E-state index contributed by atoms with van der Waals surface area (Å²) in [6.07, 6.45) is 0. The predicted octanol–water partition coefficient (Wildman–Crippen LogP) is 2.11. The molecular formula is C21H26N2O8S2. The number of urea groups is 1. The van der Waals surface area contributed by atoms with Gasteiger partial charge in [0.15, 0.2) is 9.84 Å². The zero-order valence-corrected chi connectivity index (χ0v) is 19.9. The van der Waals surface area contributed by atoms with Gasteiger partial charge in [0, 0.05) is 0 Å². The van der Waals surface area contributed by atoms with E-state index in [4.69, 9.17) is 9.47 Å². The number of aryl methyl sites for hydroxylation is 1. The average Bonchev–Trinajstić information content (AvgIpc) is 2.76. The molecule has 0 fully saturated rings. The third kappa shape index (κ3) is 8.48. The van der Waals surface area contributed by atoms with Crippen LogP contribution in [-0.4, -0.2) is 60.2 Å². The van der Waals surface area contributed by atoms with E-state index in [1.54, 1.807) is 24.3 Å². The number of hydrogen-bond acceptors (Lipinski definition) is 8. The Balaban J connectivity index is 1.81. The van der Waals surface area contributed by atoms with Gasteiger partial charge < -0.3 is 14.8 Å². The number of esters is 1. The molecule has 0 atom stereocenters. The first-order chi connectivity index (χ1) is 15.5. The van der Waals surface area contributed by atoms with Crippen LogP contribution in [0.1, 0.15) is 22.8 Å². The molecule has 180 valence electrons. The number of hydrogen-bond donors (Lipinski definition) is 2. The molecule has 0 saturated heterocycles. The van der Waals surface area contributed by atoms with Gasteiger partial charge in [-0.3, -0.25) is 0 Å². The van der Waals surface area contributed by atoms with Crippen LogP contribution in [0.25, 0.3) is 0 Å². The summed E-state index contributed by atoms with van der Waals surface area (Å²) in [7, 11) is -7.24. The highest BCUT2D eigenvalue weighted by Crippen LogP contribution is 2.16. The number of carbonyl (C=O) groups is 2. The largest absolute Gasteiger partial charge is 0.460 e. The summed E-state index contributed by atoms with van der Waals surface area (Å²) in [4.78, 5) is 24.4. The number of rotatable bonds is 11. The van der Waals surface area contributed by atoms with Crippen molar-refractivity contribution in [3.8, 4) is 0 Å². The van der Waals surface area contributed by atoms with Gasteiger partial charge in [0.1, 0.15) is 6.61 Å². The lowest BCUT2D eigenvalue weighted by Crippen LogP contribution is -2.35. The molecule has 0 radical (unpaired) electrons. The number of sulfonamides is 1. The molecule has 0 spiro atoms. The van der Waals surface area contributed by atoms with Gasteiger partial charge in [0.05, 0.1) is 40.9 Å². The summed E-state index contributed by atoms with van der Waals surface area (Å²) in [5, 5.41) is 2.30. The highest BCUT2D eigenvalue weighted by molar-refractivity contribution is 7.91. The van der Waals surface area contributed by atoms with Crippen LogP contribution >= 0.6 is 0 Å². The molecule has 0 bridgehead atoms. The van der Waals surface area contributed by atoms with Gasteiger partial charge in [0.25, 0.3) is 0 Å². The minimum atomic E-state index is -3.76. The van der Waals surface area contributed by atoms with Crippen molar-refractivity contribution in [2.24, 2.45) is 0 Å². The maximum Gasteiger partial charge on any atom is 0.340 e. The molecule has 0 heterocycles. The van der Waals surface area contributed by atoms with Crippen LogP contribution < -0.4 is 10.0 Å². The van der Waals surface area contributed by atoms with Gasteiger partial charge >= 0.3 is 12.0 Å². The number of amides is 2. The maximum atomic E-state index is 12.3. The first kappa shape index (κ1) is 26.3. The van der Waals surface area contributed by atoms with Gasteiger partial charge in [0.2, 0.25) is 10.0 Å². The summed E-state index contributed by atoms with van der Waals surface area (Å²) in [5.74, 6) is -1.26. The van der Waals surface area contributed by atoms with Gasteiger partial charge in [-0.25, -0.2) is 31.1 Å². The standard InChI is InChI=1S/C21H26N2O8S2/c1-3-33(28,29)23-21(25)22-19-7-5-4-6-18(19)20(24)31-13-12-30-14-15-32(26,27)17-10-8-16(2)9-11-17/h4-11H,3,12-15H2,1-2H3,(H2,22,23,25). The first-order valence-electron chi connectivity index (χ1n) is 9.99. The molecule has 0 saturated carbocycles. The summed E-state index contributed by atoms with van der Waals surface area (Å²) in [5.41, 5.74) is 1.04. The molecule has 2 aromatic carbocycles. The molecule has 0 aliphatic rings. The van der Waals surface area contributed by atoms with Crippen molar-refractivity contribution in [1.29, 1.82) is 0 Å². The highest BCUT2D eigenvalue weighted by atomic mass is 32.2. The van der Waals surface area contributed by atoms with Crippen LogP contribution in [0.4, 0.5) is 10.5 Å². The van der Waals surface area contributed by atoms with E-state index in [9.17, 15) is 26.4 Å². The Morgan fingerprint density at radius 1 is 0.909 bits per heavy atom. The minimum absolute atomic E-state index is 0.0171. The van der Waals surface area contributed by atoms with Gasteiger partial charge in [-0.05, 0) is 38.1 Å². The molecule has 2 rings (SSSR count). The van der Waals surface area contributed by atoms with E-state index in [1.807, 2.05) is 11.6 Å². The number of para-hydroxylation sites is 1. The van der Waals surface area contributed by atoms with Crippen molar-refractivity contribution < 1.29 is 35.9 Å². The topological polar surface area (TPSA) is 145 Å². The average molecular weight is 499 g/mol. The summed E-state index contributed by atoms with van der Waals surface area (Å²) >= 11 is 0. The number of anilines is 1. The third-order valence-corrected chi connectivity index (χ3v) is 7.31. The molecule has 2 N–H and O–H groups in total. The maximum absolute atomic E-state index is 12.3. The van der Waals surface area contributed by atoms with E-state index >= 15 is 0 Å². The Kier molecular flexibility index (Phi) is 9.38. The van der Waals surface area contributed by atoms with Gasteiger partial charge in [-0.1, -0.05) is 29.8 Å². The molecule has 33 heavy (non-hydrogen) atoms. The Morgan fingerprint density at radius 2 is 1.58 bits per heavy atom. The SMILES string of the molecule is CCS(=O)(=O)NC(=O)Nc1ccccc1C(=O)OCCOCCS(=O)(=O)c1ccc(C)cc1. The molecule has 0 unspecified atom stereocenters. The first-order valence-corrected chi connectivity index (χ1v) is 13.3. The molecule has 2 aromatic rings. The summed E-state index contributed by atoms with van der Waals surface area (Å²) in [6.45, 7) is 2.99. The molecule has 0 aliphatic heterocycles. The van der Waals surface area contributed by atoms with Crippen molar-refractivity contribution in [2.75, 3.05) is 36.6 Å². The Bertz CT molecular complexity index is 1180. The lowest BCUT2D eigenvalue weighted by Gasteiger charge is -2.12. The normalized spacial score (nSPS) is 11.6. The van der Waals surface area contributed by atoms with Crippen molar-refractivity contribution in [1.82, 2.24) is 4.72 Å². The fourth-order valence-electron chi connectivity index (χ4n) is 2.54. The zero-order valence-electron chi connectivity index (χ0n) is 18.2. The molecule has 12 heteroatoms. The van der Waals surface area contributed by atoms with Crippen molar-refractivity contribution in [3.05, 3.63) is 59.7 Å². The highest BCUT2D eigenvalue weighted by Gasteiger charge is 2.17. The summed E-state index contributed by atoms with van der Waals surface area (Å²) < 4.78 is 59.7. The number of nitrogens with one attached hydrogen (secondary N) is 2. The van der Waals surface area contributed by atoms with E-state index in [0.717, 1.165) is 5.56 Å². The summed E-state index contributed by atoms with van der Waals surface area (Å²) in [6, 6.07) is 11.4. The van der Waals surface area contributed by atoms with Gasteiger partial charge in [-0.2, -0.15) is 0 Å². The second-order valence-electron chi connectivity index (χ2n) is 6.89. The number of benzene rings is 2. The fraction of sp³-hybridized carbons (Fsp3) is 0.333. The predicted molar refractivity (Wildman–Crippen MR) is 122 cm³/mol. The zero-order chi connectivity index (χ0) is 24.5. The van der Waals surface area contributed by atoms with Crippen LogP contribution in [0.5, 0.6) is 0 Å². The Hall–Kier alpha value is -2.96. The molecule has 10 nitrogen and oxygen atoms in total. The Labute approximate surface area is 193 Å². The van der Waals surface area contributed by atoms with Crippen LogP contribution in [0, 0.1) is 6.92 Å². The van der Waals surface area contributed by atoms with E-state index in [0.29, 0.717) is 0 Å². The second kappa shape index (κ2) is 11.8. The van der Waals surface area contributed by atoms with E-state index in [-0.39, 0.29) is 47.5 Å². The lowest BCUT2D eigenvalue weighted by molar-refractivity contribution is 0.0338. The van der Waals surface area contributed by atoms with Gasteiger partial charge in [-0.15, -0.1) is 0 Å². The van der Waals surface area contributed by atoms with Crippen LogP contribution in [0.15, 0.2) is 53.4 Å². The van der Waals surface area contributed by atoms with Crippen molar-refractivity contribution in [2.45, 2.75) is 18.7 Å². The number of ether oxygens (including phenoxy) is 2. The quantitative estimate of drug-likeness (QED) is 0.354. The smallest absolute Gasteiger partial charge is 0.340 e. The second-order valence-corrected chi connectivity index (χ2v) is 11.0. The van der Waals surface area contributed by atoms with Crippen molar-refractivity contribution in [3.63, 3.8) is 0 Å². The minimum Gasteiger partial charge on any atom is -0.460 e. The molecule has 2 amide bonds. The molecular weight excluding hydrogens is 472 g/mol. The van der Waals surface area contributed by atoms with E-state index < -0.39 is 31.9 Å². The van der Waals surface area contributed by atoms with Crippen LogP contribution in [0.2, 0.25) is 0 Å². The van der Waals surface area contributed by atoms with Crippen LogP contribution in [0.3, 0.4) is 0 Å². The van der Waals surface area contributed by atoms with E-state index in [1.165, 1.54) is 31.2 Å². The monoisotopic (exact) mass is 498 g/mol.